The highest BCUT2D eigenvalue weighted by atomic mass is 35.5. The standard InChI is InChI=1S/C23H26ClN3O4S/c24-18-4-5-22-16(11-18)10-17(14-31-22)23(28)25-19-2-1-3-20(12-19)32(29,30)26-21-13-27-8-6-15(21)7-9-27/h1-5,11-12,15,17,21,26H,6-10,13-14H2,(H,25,28)/t17-,21-/m0/s1. The number of carbonyl (C=O) groups is 1. The van der Waals surface area contributed by atoms with Gasteiger partial charge in [0.15, 0.2) is 0 Å². The lowest BCUT2D eigenvalue weighted by atomic mass is 9.85. The number of hydrogen-bond acceptors (Lipinski definition) is 5. The molecule has 0 saturated carbocycles. The van der Waals surface area contributed by atoms with E-state index in [2.05, 4.69) is 14.9 Å². The van der Waals surface area contributed by atoms with Crippen molar-refractivity contribution in [2.75, 3.05) is 31.6 Å². The first-order valence-electron chi connectivity index (χ1n) is 10.9. The minimum Gasteiger partial charge on any atom is -0.492 e. The summed E-state index contributed by atoms with van der Waals surface area (Å²) in [5.41, 5.74) is 1.34. The summed E-state index contributed by atoms with van der Waals surface area (Å²) in [6.45, 7) is 3.12. The zero-order valence-electron chi connectivity index (χ0n) is 17.6. The molecule has 0 aromatic heterocycles. The van der Waals surface area contributed by atoms with Crippen LogP contribution in [0.5, 0.6) is 5.75 Å². The van der Waals surface area contributed by atoms with E-state index >= 15 is 0 Å². The number of anilines is 1. The Morgan fingerprint density at radius 2 is 1.94 bits per heavy atom. The molecule has 0 unspecified atom stereocenters. The van der Waals surface area contributed by atoms with Crippen LogP contribution >= 0.6 is 11.6 Å². The number of halogens is 1. The van der Waals surface area contributed by atoms with Crippen LogP contribution in [0.1, 0.15) is 18.4 Å². The average Bonchev–Trinajstić information content (AvgIpc) is 2.79. The number of nitrogens with zero attached hydrogens (tertiary/aromatic N) is 1. The third-order valence-corrected chi connectivity index (χ3v) is 8.40. The molecule has 9 heteroatoms. The number of nitrogens with one attached hydrogen (secondary N) is 2. The van der Waals surface area contributed by atoms with Crippen molar-refractivity contribution in [3.05, 3.63) is 53.1 Å². The fourth-order valence-electron chi connectivity index (χ4n) is 4.88. The molecular weight excluding hydrogens is 450 g/mol. The van der Waals surface area contributed by atoms with E-state index in [-0.39, 0.29) is 29.4 Å². The van der Waals surface area contributed by atoms with Crippen molar-refractivity contribution in [2.24, 2.45) is 11.8 Å². The maximum Gasteiger partial charge on any atom is 0.240 e. The third-order valence-electron chi connectivity index (χ3n) is 6.67. The lowest BCUT2D eigenvalue weighted by molar-refractivity contribution is -0.121. The predicted octanol–water partition coefficient (Wildman–Crippen LogP) is 2.90. The Morgan fingerprint density at radius 3 is 2.69 bits per heavy atom. The Kier molecular flexibility index (Phi) is 5.88. The first-order valence-corrected chi connectivity index (χ1v) is 12.8. The molecule has 4 aliphatic rings. The Hall–Kier alpha value is -2.13. The summed E-state index contributed by atoms with van der Waals surface area (Å²) >= 11 is 6.06. The second-order valence-electron chi connectivity index (χ2n) is 8.85. The van der Waals surface area contributed by atoms with E-state index in [1.165, 1.54) is 6.07 Å². The highest BCUT2D eigenvalue weighted by Crippen LogP contribution is 2.31. The van der Waals surface area contributed by atoms with E-state index in [1.54, 1.807) is 24.3 Å². The molecule has 2 N–H and O–H groups in total. The quantitative estimate of drug-likeness (QED) is 0.694. The highest BCUT2D eigenvalue weighted by molar-refractivity contribution is 7.89. The van der Waals surface area contributed by atoms with Gasteiger partial charge in [0, 0.05) is 23.3 Å². The molecular formula is C23H26ClN3O4S. The van der Waals surface area contributed by atoms with Crippen LogP contribution < -0.4 is 14.8 Å². The Bertz CT molecular complexity index is 1130. The summed E-state index contributed by atoms with van der Waals surface area (Å²) in [4.78, 5) is 15.3. The maximum absolute atomic E-state index is 13.0. The summed E-state index contributed by atoms with van der Waals surface area (Å²) < 4.78 is 34.6. The van der Waals surface area contributed by atoms with E-state index in [4.69, 9.17) is 16.3 Å². The Balaban J connectivity index is 1.26. The number of ether oxygens (including phenoxy) is 1. The average molecular weight is 476 g/mol. The van der Waals surface area contributed by atoms with Gasteiger partial charge in [-0.25, -0.2) is 13.1 Å². The Morgan fingerprint density at radius 1 is 1.12 bits per heavy atom. The molecule has 0 radical (unpaired) electrons. The van der Waals surface area contributed by atoms with E-state index in [0.29, 0.717) is 23.0 Å². The fraction of sp³-hybridized carbons (Fsp3) is 0.435. The van der Waals surface area contributed by atoms with Crippen molar-refractivity contribution in [3.63, 3.8) is 0 Å². The summed E-state index contributed by atoms with van der Waals surface area (Å²) in [7, 11) is -3.68. The predicted molar refractivity (Wildman–Crippen MR) is 122 cm³/mol. The molecule has 2 atom stereocenters. The molecule has 7 nitrogen and oxygen atoms in total. The van der Waals surface area contributed by atoms with Gasteiger partial charge in [-0.1, -0.05) is 17.7 Å². The molecule has 0 aliphatic carbocycles. The van der Waals surface area contributed by atoms with Crippen LogP contribution in [0.4, 0.5) is 5.69 Å². The second kappa shape index (κ2) is 8.67. The Labute approximate surface area is 193 Å². The first kappa shape index (κ1) is 21.7. The maximum atomic E-state index is 13.0. The lowest BCUT2D eigenvalue weighted by Crippen LogP contribution is -2.57. The summed E-state index contributed by atoms with van der Waals surface area (Å²) in [5, 5.41) is 3.45. The van der Waals surface area contributed by atoms with Gasteiger partial charge in [0.1, 0.15) is 12.4 Å². The van der Waals surface area contributed by atoms with Crippen molar-refractivity contribution in [1.82, 2.24) is 9.62 Å². The largest absolute Gasteiger partial charge is 0.492 e. The van der Waals surface area contributed by atoms with Gasteiger partial charge in [-0.15, -0.1) is 0 Å². The second-order valence-corrected chi connectivity index (χ2v) is 11.0. The van der Waals surface area contributed by atoms with Gasteiger partial charge in [0.2, 0.25) is 15.9 Å². The third kappa shape index (κ3) is 4.50. The lowest BCUT2D eigenvalue weighted by Gasteiger charge is -2.44. The van der Waals surface area contributed by atoms with Crippen LogP contribution in [0.2, 0.25) is 5.02 Å². The van der Waals surface area contributed by atoms with Gasteiger partial charge in [-0.2, -0.15) is 0 Å². The number of sulfonamides is 1. The van der Waals surface area contributed by atoms with Gasteiger partial charge in [0.05, 0.1) is 10.8 Å². The van der Waals surface area contributed by atoms with Crippen molar-refractivity contribution in [2.45, 2.75) is 30.2 Å². The van der Waals surface area contributed by atoms with Gasteiger partial charge < -0.3 is 15.0 Å². The van der Waals surface area contributed by atoms with Crippen LogP contribution in [0, 0.1) is 11.8 Å². The molecule has 3 saturated heterocycles. The summed E-state index contributed by atoms with van der Waals surface area (Å²) in [6, 6.07) is 11.7. The van der Waals surface area contributed by atoms with Gasteiger partial charge >= 0.3 is 0 Å². The minimum atomic E-state index is -3.68. The first-order chi connectivity index (χ1) is 15.4. The van der Waals surface area contributed by atoms with E-state index in [9.17, 15) is 13.2 Å². The van der Waals surface area contributed by atoms with E-state index < -0.39 is 10.0 Å². The number of fused-ring (bicyclic) bond motifs is 4. The minimum absolute atomic E-state index is 0.0629. The smallest absolute Gasteiger partial charge is 0.240 e. The highest BCUT2D eigenvalue weighted by Gasteiger charge is 2.36. The number of piperidine rings is 3. The molecule has 2 aromatic carbocycles. The molecule has 170 valence electrons. The van der Waals surface area contributed by atoms with Crippen LogP contribution in [0.3, 0.4) is 0 Å². The molecule has 6 rings (SSSR count). The van der Waals surface area contributed by atoms with E-state index in [0.717, 1.165) is 43.8 Å². The molecule has 2 aromatic rings. The number of hydrogen-bond donors (Lipinski definition) is 2. The summed E-state index contributed by atoms with van der Waals surface area (Å²) in [5.74, 6) is 0.535. The monoisotopic (exact) mass is 475 g/mol. The number of rotatable bonds is 5. The molecule has 3 fully saturated rings. The fourth-order valence-corrected chi connectivity index (χ4v) is 6.42. The summed E-state index contributed by atoms with van der Waals surface area (Å²) in [6.07, 6.45) is 2.57. The topological polar surface area (TPSA) is 87.7 Å². The zero-order valence-corrected chi connectivity index (χ0v) is 19.2. The SMILES string of the molecule is O=C(Nc1cccc(S(=O)(=O)N[C@H]2CN3CCC2CC3)c1)[C@@H]1COc2ccc(Cl)cc2C1. The van der Waals surface area contributed by atoms with Gasteiger partial charge in [-0.3, -0.25) is 4.79 Å². The normalized spacial score (nSPS) is 26.8. The van der Waals surface area contributed by atoms with Gasteiger partial charge in [0.25, 0.3) is 0 Å². The molecule has 32 heavy (non-hydrogen) atoms. The molecule has 2 bridgehead atoms. The van der Waals surface area contributed by atoms with Crippen molar-refractivity contribution in [1.29, 1.82) is 0 Å². The number of carbonyl (C=O) groups excluding carboxylic acids is 1. The molecule has 0 spiro atoms. The molecule has 4 heterocycles. The van der Waals surface area contributed by atoms with Crippen molar-refractivity contribution >= 4 is 33.2 Å². The van der Waals surface area contributed by atoms with Crippen LogP contribution in [0.25, 0.3) is 0 Å². The zero-order chi connectivity index (χ0) is 22.3. The van der Waals surface area contributed by atoms with Crippen molar-refractivity contribution < 1.29 is 17.9 Å². The van der Waals surface area contributed by atoms with Crippen LogP contribution in [0.15, 0.2) is 47.4 Å². The molecule has 1 amide bonds. The van der Waals surface area contributed by atoms with Gasteiger partial charge in [-0.05, 0) is 80.2 Å². The van der Waals surface area contributed by atoms with Crippen LogP contribution in [-0.4, -0.2) is 51.5 Å². The number of benzene rings is 2. The van der Waals surface area contributed by atoms with Crippen LogP contribution in [-0.2, 0) is 21.2 Å². The van der Waals surface area contributed by atoms with E-state index in [1.807, 2.05) is 12.1 Å². The van der Waals surface area contributed by atoms with Crippen molar-refractivity contribution in [3.8, 4) is 5.75 Å². The molecule has 4 aliphatic heterocycles. The number of amides is 1.